The van der Waals surface area contributed by atoms with Crippen LogP contribution in [0.2, 0.25) is 0 Å². The Morgan fingerprint density at radius 3 is 2.54 bits per heavy atom. The fourth-order valence-corrected chi connectivity index (χ4v) is 3.76. The second-order valence-corrected chi connectivity index (χ2v) is 7.05. The van der Waals surface area contributed by atoms with Crippen molar-refractivity contribution in [1.82, 2.24) is 15.1 Å². The smallest absolute Gasteiger partial charge is 0.338 e. The highest BCUT2D eigenvalue weighted by atomic mass is 16.5. The first kappa shape index (κ1) is 18.3. The third-order valence-corrected chi connectivity index (χ3v) is 5.23. The van der Waals surface area contributed by atoms with Crippen molar-refractivity contribution in [2.45, 2.75) is 58.1 Å². The summed E-state index contributed by atoms with van der Waals surface area (Å²) in [6.45, 7) is 1.73. The second kappa shape index (κ2) is 7.53. The van der Waals surface area contributed by atoms with Gasteiger partial charge in [-0.1, -0.05) is 26.2 Å². The predicted molar refractivity (Wildman–Crippen MR) is 96.6 cm³/mol. The van der Waals surface area contributed by atoms with Crippen LogP contribution in [0.4, 0.5) is 0 Å². The first-order valence-electron chi connectivity index (χ1n) is 9.58. The second-order valence-electron chi connectivity index (χ2n) is 7.05. The number of hydrogen-bond acceptors (Lipinski definition) is 7. The Bertz CT molecular complexity index is 930. The Hall–Kier alpha value is -3.03. The maximum atomic E-state index is 12.8. The van der Waals surface area contributed by atoms with Gasteiger partial charge < -0.3 is 9.15 Å². The molecule has 2 heterocycles. The number of carbonyl (C=O) groups excluding carboxylic acids is 3. The molecule has 2 aliphatic rings. The van der Waals surface area contributed by atoms with Crippen molar-refractivity contribution in [2.75, 3.05) is 0 Å². The van der Waals surface area contributed by atoms with Gasteiger partial charge in [0, 0.05) is 12.5 Å². The molecule has 0 saturated heterocycles. The lowest BCUT2D eigenvalue weighted by Gasteiger charge is -2.29. The SMILES string of the molecule is CCc1nnc(COC(=O)c2ccc3c(c2)C(=O)N(C2CCCCC2)C3=O)o1. The zero-order chi connectivity index (χ0) is 19.7. The van der Waals surface area contributed by atoms with Crippen LogP contribution in [0.25, 0.3) is 0 Å². The number of fused-ring (bicyclic) bond motifs is 1. The van der Waals surface area contributed by atoms with E-state index in [1.165, 1.54) is 23.1 Å². The van der Waals surface area contributed by atoms with Gasteiger partial charge in [-0.05, 0) is 31.0 Å². The predicted octanol–water partition coefficient (Wildman–Crippen LogP) is 2.92. The summed E-state index contributed by atoms with van der Waals surface area (Å²) in [5.41, 5.74) is 0.813. The normalized spacial score (nSPS) is 17.1. The van der Waals surface area contributed by atoms with Gasteiger partial charge in [-0.2, -0.15) is 0 Å². The minimum absolute atomic E-state index is 0.0539. The largest absolute Gasteiger partial charge is 0.452 e. The maximum absolute atomic E-state index is 12.8. The van der Waals surface area contributed by atoms with E-state index >= 15 is 0 Å². The number of esters is 1. The molecule has 1 aromatic heterocycles. The van der Waals surface area contributed by atoms with Crippen LogP contribution in [0.5, 0.6) is 0 Å². The van der Waals surface area contributed by atoms with Gasteiger partial charge in [0.05, 0.1) is 16.7 Å². The van der Waals surface area contributed by atoms with Crippen LogP contribution >= 0.6 is 0 Å². The van der Waals surface area contributed by atoms with E-state index in [1.807, 2.05) is 6.92 Å². The molecule has 0 radical (unpaired) electrons. The number of aryl methyl sites for hydroxylation is 1. The summed E-state index contributed by atoms with van der Waals surface area (Å²) in [6.07, 6.45) is 5.44. The topological polar surface area (TPSA) is 103 Å². The summed E-state index contributed by atoms with van der Waals surface area (Å²) in [4.78, 5) is 39.2. The van der Waals surface area contributed by atoms with Gasteiger partial charge in [-0.3, -0.25) is 14.5 Å². The molecule has 0 bridgehead atoms. The van der Waals surface area contributed by atoms with Crippen molar-refractivity contribution in [3.8, 4) is 0 Å². The van der Waals surface area contributed by atoms with Crippen LogP contribution < -0.4 is 0 Å². The lowest BCUT2D eigenvalue weighted by molar-refractivity contribution is 0.0436. The van der Waals surface area contributed by atoms with Crippen LogP contribution in [0.1, 0.15) is 81.9 Å². The number of aromatic nitrogens is 2. The standard InChI is InChI=1S/C20H21N3O5/c1-2-16-21-22-17(28-16)11-27-20(26)12-8-9-14-15(10-12)19(25)23(18(14)24)13-6-4-3-5-7-13/h8-10,13H,2-7,11H2,1H3. The van der Waals surface area contributed by atoms with Crippen LogP contribution in [-0.4, -0.2) is 38.9 Å². The highest BCUT2D eigenvalue weighted by molar-refractivity contribution is 6.22. The molecule has 0 N–H and O–H groups in total. The van der Waals surface area contributed by atoms with Crippen molar-refractivity contribution in [3.63, 3.8) is 0 Å². The lowest BCUT2D eigenvalue weighted by Crippen LogP contribution is -2.40. The zero-order valence-electron chi connectivity index (χ0n) is 15.6. The van der Waals surface area contributed by atoms with Gasteiger partial charge in [0.15, 0.2) is 6.61 Å². The molecule has 1 aromatic carbocycles. The summed E-state index contributed by atoms with van der Waals surface area (Å²) < 4.78 is 10.5. The lowest BCUT2D eigenvalue weighted by atomic mass is 9.94. The van der Waals surface area contributed by atoms with Crippen LogP contribution in [0.3, 0.4) is 0 Å². The minimum atomic E-state index is -0.615. The van der Waals surface area contributed by atoms with Crippen molar-refractivity contribution in [1.29, 1.82) is 0 Å². The molecule has 2 aromatic rings. The summed E-state index contributed by atoms with van der Waals surface area (Å²) in [7, 11) is 0. The van der Waals surface area contributed by atoms with Gasteiger partial charge in [0.1, 0.15) is 0 Å². The van der Waals surface area contributed by atoms with Crippen LogP contribution in [-0.2, 0) is 17.8 Å². The van der Waals surface area contributed by atoms with Gasteiger partial charge >= 0.3 is 5.97 Å². The van der Waals surface area contributed by atoms with Crippen molar-refractivity contribution in [3.05, 3.63) is 46.7 Å². The van der Waals surface area contributed by atoms with E-state index in [9.17, 15) is 14.4 Å². The molecule has 0 spiro atoms. The van der Waals surface area contributed by atoms with Crippen LogP contribution in [0.15, 0.2) is 22.6 Å². The third-order valence-electron chi connectivity index (χ3n) is 5.23. The highest BCUT2D eigenvalue weighted by Crippen LogP contribution is 2.31. The molecular weight excluding hydrogens is 362 g/mol. The van der Waals surface area contributed by atoms with Gasteiger partial charge in [-0.15, -0.1) is 10.2 Å². The van der Waals surface area contributed by atoms with Gasteiger partial charge in [0.25, 0.3) is 17.7 Å². The third kappa shape index (κ3) is 3.30. The molecular formula is C20H21N3O5. The Morgan fingerprint density at radius 2 is 1.82 bits per heavy atom. The number of nitrogens with zero attached hydrogens (tertiary/aromatic N) is 3. The quantitative estimate of drug-likeness (QED) is 0.578. The molecule has 28 heavy (non-hydrogen) atoms. The van der Waals surface area contributed by atoms with E-state index in [2.05, 4.69) is 10.2 Å². The highest BCUT2D eigenvalue weighted by Gasteiger charge is 2.40. The molecule has 0 unspecified atom stereocenters. The van der Waals surface area contributed by atoms with E-state index < -0.39 is 5.97 Å². The fourth-order valence-electron chi connectivity index (χ4n) is 3.76. The number of rotatable bonds is 5. The molecule has 8 nitrogen and oxygen atoms in total. The van der Waals surface area contributed by atoms with E-state index in [-0.39, 0.29) is 41.5 Å². The van der Waals surface area contributed by atoms with Gasteiger partial charge in [0.2, 0.25) is 5.89 Å². The van der Waals surface area contributed by atoms with Crippen LogP contribution in [0, 0.1) is 0 Å². The Labute approximate surface area is 161 Å². The Kier molecular flexibility index (Phi) is 4.93. The monoisotopic (exact) mass is 383 g/mol. The van der Waals surface area contributed by atoms with Crippen molar-refractivity contribution >= 4 is 17.8 Å². The number of amides is 2. The van der Waals surface area contributed by atoms with E-state index in [0.29, 0.717) is 17.9 Å². The maximum Gasteiger partial charge on any atom is 0.338 e. The number of carbonyl (C=O) groups is 3. The number of hydrogen-bond donors (Lipinski definition) is 0. The fraction of sp³-hybridized carbons (Fsp3) is 0.450. The molecule has 1 aliphatic heterocycles. The Balaban J connectivity index is 1.48. The molecule has 1 fully saturated rings. The van der Waals surface area contributed by atoms with Crippen molar-refractivity contribution in [2.24, 2.45) is 0 Å². The average molecular weight is 383 g/mol. The molecule has 146 valence electrons. The molecule has 2 amide bonds. The summed E-state index contributed by atoms with van der Waals surface area (Å²) >= 11 is 0. The average Bonchev–Trinajstić information content (AvgIpc) is 3.29. The first-order chi connectivity index (χ1) is 13.6. The summed E-state index contributed by atoms with van der Waals surface area (Å²) in [5.74, 6) is -0.539. The van der Waals surface area contributed by atoms with Crippen molar-refractivity contribution < 1.29 is 23.5 Å². The molecule has 8 heteroatoms. The molecule has 4 rings (SSSR count). The van der Waals surface area contributed by atoms with E-state index in [0.717, 1.165) is 32.1 Å². The molecule has 0 atom stereocenters. The first-order valence-corrected chi connectivity index (χ1v) is 9.58. The molecule has 1 saturated carbocycles. The van der Waals surface area contributed by atoms with E-state index in [4.69, 9.17) is 9.15 Å². The Morgan fingerprint density at radius 1 is 1.11 bits per heavy atom. The van der Waals surface area contributed by atoms with E-state index in [1.54, 1.807) is 0 Å². The summed E-state index contributed by atoms with van der Waals surface area (Å²) in [6, 6.07) is 4.41. The zero-order valence-corrected chi connectivity index (χ0v) is 15.6. The number of benzene rings is 1. The number of imide groups is 1. The van der Waals surface area contributed by atoms with Gasteiger partial charge in [-0.25, -0.2) is 4.79 Å². The minimum Gasteiger partial charge on any atom is -0.452 e. The number of ether oxygens (including phenoxy) is 1. The molecule has 1 aliphatic carbocycles. The summed E-state index contributed by atoms with van der Waals surface area (Å²) in [5, 5.41) is 7.60.